The van der Waals surface area contributed by atoms with Gasteiger partial charge in [-0.15, -0.1) is 13.2 Å². The third-order valence-electron chi connectivity index (χ3n) is 6.13. The van der Waals surface area contributed by atoms with E-state index in [0.29, 0.717) is 17.8 Å². The molecule has 1 atom stereocenters. The molecule has 1 amide bonds. The third-order valence-corrected chi connectivity index (χ3v) is 7.49. The summed E-state index contributed by atoms with van der Waals surface area (Å²) < 4.78 is 69.0. The lowest BCUT2D eigenvalue weighted by atomic mass is 9.97. The van der Waals surface area contributed by atoms with Gasteiger partial charge in [-0.3, -0.25) is 9.59 Å². The molecule has 4 rings (SSSR count). The Morgan fingerprint density at radius 3 is 2.42 bits per heavy atom. The van der Waals surface area contributed by atoms with Crippen LogP contribution in [0.1, 0.15) is 37.6 Å². The summed E-state index contributed by atoms with van der Waals surface area (Å²) in [4.78, 5) is 33.4. The van der Waals surface area contributed by atoms with Crippen LogP contribution in [-0.4, -0.2) is 42.7 Å². The normalized spacial score (nSPS) is 17.3. The number of sulfonamides is 1. The molecule has 1 saturated heterocycles. The van der Waals surface area contributed by atoms with Crippen LogP contribution in [-0.2, 0) is 10.0 Å². The van der Waals surface area contributed by atoms with E-state index in [-0.39, 0.29) is 17.3 Å². The maximum atomic E-state index is 13.2. The quantitative estimate of drug-likeness (QED) is 0.474. The fraction of sp³-hybridized carbons (Fsp3) is 0.320. The highest BCUT2D eigenvalue weighted by molar-refractivity contribution is 7.90. The van der Waals surface area contributed by atoms with Crippen LogP contribution >= 0.6 is 0 Å². The molecule has 0 aliphatic carbocycles. The average Bonchev–Trinajstić information content (AvgIpc) is 3.09. The van der Waals surface area contributed by atoms with Crippen LogP contribution in [0.4, 0.5) is 19.0 Å². The summed E-state index contributed by atoms with van der Waals surface area (Å²) in [5.41, 5.74) is -0.535. The van der Waals surface area contributed by atoms with E-state index in [1.165, 1.54) is 36.5 Å². The second kappa shape index (κ2) is 9.78. The van der Waals surface area contributed by atoms with Crippen molar-refractivity contribution >= 4 is 21.7 Å². The van der Waals surface area contributed by atoms with E-state index in [4.69, 9.17) is 0 Å². The van der Waals surface area contributed by atoms with Crippen molar-refractivity contribution < 1.29 is 31.1 Å². The summed E-state index contributed by atoms with van der Waals surface area (Å²) in [6, 6.07) is 10.4. The average molecular weight is 551 g/mol. The van der Waals surface area contributed by atoms with Gasteiger partial charge in [-0.2, -0.15) is 0 Å². The van der Waals surface area contributed by atoms with Crippen LogP contribution in [0.2, 0.25) is 0 Å². The Bertz CT molecular complexity index is 1520. The summed E-state index contributed by atoms with van der Waals surface area (Å²) in [6.07, 6.45) is -2.78. The largest absolute Gasteiger partial charge is 0.573 e. The molecule has 0 saturated carbocycles. The van der Waals surface area contributed by atoms with Gasteiger partial charge < -0.3 is 14.6 Å². The summed E-state index contributed by atoms with van der Waals surface area (Å²) in [5.74, 6) is -0.918. The van der Waals surface area contributed by atoms with Crippen molar-refractivity contribution in [2.45, 2.75) is 44.0 Å². The van der Waals surface area contributed by atoms with Gasteiger partial charge in [0.1, 0.15) is 11.6 Å². The molecule has 1 aliphatic rings. The number of nitrogens with one attached hydrogen (secondary N) is 2. The first kappa shape index (κ1) is 27.2. The van der Waals surface area contributed by atoms with E-state index in [9.17, 15) is 31.2 Å². The second-order valence-electron chi connectivity index (χ2n) is 9.67. The summed E-state index contributed by atoms with van der Waals surface area (Å²) >= 11 is 0. The smallest absolute Gasteiger partial charge is 0.406 e. The lowest BCUT2D eigenvalue weighted by Gasteiger charge is -2.34. The fourth-order valence-electron chi connectivity index (χ4n) is 4.63. The minimum Gasteiger partial charge on any atom is -0.406 e. The number of ether oxygens (including phenoxy) is 1. The third kappa shape index (κ3) is 5.82. The minimum atomic E-state index is -4.83. The van der Waals surface area contributed by atoms with Crippen molar-refractivity contribution in [3.63, 3.8) is 0 Å². The van der Waals surface area contributed by atoms with Gasteiger partial charge in [0.15, 0.2) is 4.90 Å². The molecule has 0 spiro atoms. The molecule has 13 heteroatoms. The van der Waals surface area contributed by atoms with Gasteiger partial charge in [-0.25, -0.2) is 18.1 Å². The molecule has 38 heavy (non-hydrogen) atoms. The highest BCUT2D eigenvalue weighted by atomic mass is 32.2. The Morgan fingerprint density at radius 1 is 1.16 bits per heavy atom. The number of nitrogens with zero attached hydrogens (tertiary/aromatic N) is 2. The van der Waals surface area contributed by atoms with E-state index in [1.54, 1.807) is 0 Å². The minimum absolute atomic E-state index is 0.0381. The predicted octanol–water partition coefficient (Wildman–Crippen LogP) is 4.08. The molecule has 3 aromatic rings. The first-order valence-corrected chi connectivity index (χ1v) is 13.0. The number of hydrogen-bond acceptors (Lipinski definition) is 7. The van der Waals surface area contributed by atoms with Crippen LogP contribution in [0.25, 0.3) is 11.3 Å². The zero-order valence-corrected chi connectivity index (χ0v) is 21.5. The fourth-order valence-corrected chi connectivity index (χ4v) is 5.65. The Balaban J connectivity index is 1.74. The highest BCUT2D eigenvalue weighted by Gasteiger charge is 2.39. The highest BCUT2D eigenvalue weighted by Crippen LogP contribution is 2.38. The molecule has 0 radical (unpaired) electrons. The monoisotopic (exact) mass is 550 g/mol. The molecular weight excluding hydrogens is 525 g/mol. The molecule has 1 fully saturated rings. The number of aromatic amines is 1. The molecule has 2 aromatic heterocycles. The number of carbonyl (C=O) groups is 1. The second-order valence-corrected chi connectivity index (χ2v) is 11.3. The van der Waals surface area contributed by atoms with Crippen LogP contribution in [0, 0.1) is 5.92 Å². The number of carbonyl (C=O) groups excluding carboxylic acids is 1. The zero-order valence-electron chi connectivity index (χ0n) is 20.7. The van der Waals surface area contributed by atoms with Gasteiger partial charge >= 0.3 is 6.36 Å². The predicted molar refractivity (Wildman–Crippen MR) is 133 cm³/mol. The number of benzene rings is 1. The Morgan fingerprint density at radius 2 is 1.84 bits per heavy atom. The van der Waals surface area contributed by atoms with Gasteiger partial charge in [0.25, 0.3) is 21.5 Å². The summed E-state index contributed by atoms with van der Waals surface area (Å²) in [5, 5.41) is 0. The molecule has 2 N–H and O–H groups in total. The van der Waals surface area contributed by atoms with Crippen molar-refractivity contribution in [1.29, 1.82) is 0 Å². The zero-order chi connectivity index (χ0) is 27.9. The lowest BCUT2D eigenvalue weighted by Crippen LogP contribution is -2.41. The van der Waals surface area contributed by atoms with E-state index < -0.39 is 44.0 Å². The van der Waals surface area contributed by atoms with E-state index in [0.717, 1.165) is 24.6 Å². The van der Waals surface area contributed by atoms with Crippen molar-refractivity contribution in [3.8, 4) is 17.0 Å². The first-order valence-electron chi connectivity index (χ1n) is 11.6. The molecular formula is C25H25F3N4O5S. The molecule has 202 valence electrons. The molecule has 3 heterocycles. The van der Waals surface area contributed by atoms with Crippen LogP contribution in [0.3, 0.4) is 0 Å². The molecule has 9 nitrogen and oxygen atoms in total. The first-order chi connectivity index (χ1) is 17.7. The summed E-state index contributed by atoms with van der Waals surface area (Å²) in [6.45, 7) is 6.51. The standard InChI is InChI=1S/C25H25F3N4O5S/c1-15-13-24(2,3)32(14-15)21-18(22(33)31-38(35,36)20-5-4-12-29-23(20)34)10-11-19(30-21)16-6-8-17(9-7-16)37-25(26,27)28/h4-12,15H,13-14H2,1-3H3,(H,29,34)(H,31,33)/t15-/m0/s1. The maximum Gasteiger partial charge on any atom is 0.573 e. The van der Waals surface area contributed by atoms with Crippen LogP contribution < -0.4 is 19.9 Å². The number of H-pyrrole nitrogens is 1. The lowest BCUT2D eigenvalue weighted by molar-refractivity contribution is -0.274. The van der Waals surface area contributed by atoms with Crippen molar-refractivity contribution in [2.24, 2.45) is 5.92 Å². The number of amides is 1. The molecule has 0 unspecified atom stereocenters. The van der Waals surface area contributed by atoms with Gasteiger partial charge in [0.05, 0.1) is 11.3 Å². The van der Waals surface area contributed by atoms with Gasteiger partial charge in [0, 0.05) is 23.8 Å². The molecule has 0 bridgehead atoms. The van der Waals surface area contributed by atoms with Gasteiger partial charge in [0.2, 0.25) is 0 Å². The van der Waals surface area contributed by atoms with Crippen LogP contribution in [0.5, 0.6) is 5.75 Å². The van der Waals surface area contributed by atoms with Crippen LogP contribution in [0.15, 0.2) is 64.4 Å². The molecule has 1 aliphatic heterocycles. The van der Waals surface area contributed by atoms with Crippen molar-refractivity contribution in [1.82, 2.24) is 14.7 Å². The Hall–Kier alpha value is -3.87. The van der Waals surface area contributed by atoms with Gasteiger partial charge in [-0.05, 0) is 74.7 Å². The van der Waals surface area contributed by atoms with Crippen molar-refractivity contribution in [2.75, 3.05) is 11.4 Å². The van der Waals surface area contributed by atoms with E-state index in [1.807, 2.05) is 30.4 Å². The SMILES string of the molecule is C[C@@H]1CN(c2nc(-c3ccc(OC(F)(F)F)cc3)ccc2C(=O)NS(=O)(=O)c2ccc[nH]c2=O)C(C)(C)C1. The Kier molecular flexibility index (Phi) is 6.99. The topological polar surface area (TPSA) is 121 Å². The maximum absolute atomic E-state index is 13.2. The number of aromatic nitrogens is 2. The summed E-state index contributed by atoms with van der Waals surface area (Å²) in [7, 11) is -4.50. The number of anilines is 1. The number of halogens is 3. The van der Waals surface area contributed by atoms with E-state index >= 15 is 0 Å². The van der Waals surface area contributed by atoms with E-state index in [2.05, 4.69) is 14.7 Å². The van der Waals surface area contributed by atoms with Gasteiger partial charge in [-0.1, -0.05) is 6.92 Å². The molecule has 1 aromatic carbocycles. The number of rotatable bonds is 6. The number of pyridine rings is 2. The Labute approximate surface area is 216 Å². The van der Waals surface area contributed by atoms with Crippen molar-refractivity contribution in [3.05, 3.63) is 70.6 Å². The number of alkyl halides is 3. The number of hydrogen-bond donors (Lipinski definition) is 2.